The Bertz CT molecular complexity index is 348. The Kier molecular flexibility index (Phi) is 2.89. The van der Waals surface area contributed by atoms with Crippen LogP contribution < -0.4 is 0 Å². The molecule has 0 saturated carbocycles. The third-order valence-electron chi connectivity index (χ3n) is 3.55. The minimum absolute atomic E-state index is 0.0560. The molecule has 2 heterocycles. The molecule has 0 aromatic rings. The van der Waals surface area contributed by atoms with E-state index in [0.29, 0.717) is 6.54 Å². The Labute approximate surface area is 102 Å². The minimum Gasteiger partial charge on any atom is -0.313 e. The van der Waals surface area contributed by atoms with Crippen molar-refractivity contribution >= 4 is 11.9 Å². The monoisotopic (exact) mass is 239 g/mol. The fourth-order valence-corrected chi connectivity index (χ4v) is 2.86. The molecular weight excluding hydrogens is 218 g/mol. The summed E-state index contributed by atoms with van der Waals surface area (Å²) < 4.78 is 0. The predicted octanol–water partition coefficient (Wildman–Crippen LogP) is 0.611. The smallest absolute Gasteiger partial charge is 0.313 e. The van der Waals surface area contributed by atoms with Gasteiger partial charge in [0.05, 0.1) is 0 Å². The molecule has 0 unspecified atom stereocenters. The summed E-state index contributed by atoms with van der Waals surface area (Å²) in [6.45, 7) is 8.70. The zero-order valence-corrected chi connectivity index (χ0v) is 11.1. The number of likely N-dealkylation sites (tertiary alicyclic amines) is 1. The van der Waals surface area contributed by atoms with Crippen LogP contribution in [0, 0.1) is 5.41 Å². The lowest BCUT2D eigenvalue weighted by atomic mass is 9.82. The van der Waals surface area contributed by atoms with E-state index in [1.807, 2.05) is 13.8 Å². The quantitative estimate of drug-likeness (QED) is 0.678. The molecule has 2 fully saturated rings. The molecule has 0 N–H and O–H groups in total. The molecule has 96 valence electrons. The number of hydrogen-bond donors (Lipinski definition) is 0. The molecule has 2 aliphatic rings. The van der Waals surface area contributed by atoms with Gasteiger partial charge in [0, 0.05) is 31.1 Å². The number of imide groups is 1. The lowest BCUT2D eigenvalue weighted by Crippen LogP contribution is -2.58. The van der Waals surface area contributed by atoms with E-state index < -0.39 is 0 Å². The summed E-state index contributed by atoms with van der Waals surface area (Å²) in [4.78, 5) is 29.2. The molecule has 0 bridgehead atoms. The van der Waals surface area contributed by atoms with Crippen molar-refractivity contribution in [3.05, 3.63) is 0 Å². The molecule has 5 heteroatoms. The summed E-state index contributed by atoms with van der Waals surface area (Å²) in [6.07, 6.45) is 0. The molecule has 0 atom stereocenters. The summed E-state index contributed by atoms with van der Waals surface area (Å²) in [5.41, 5.74) is 0.0764. The van der Waals surface area contributed by atoms with Crippen LogP contribution in [0.1, 0.15) is 20.8 Å². The number of carbonyl (C=O) groups is 2. The second-order valence-electron chi connectivity index (χ2n) is 5.97. The molecule has 5 nitrogen and oxygen atoms in total. The van der Waals surface area contributed by atoms with Crippen LogP contribution in [0.5, 0.6) is 0 Å². The largest absolute Gasteiger partial charge is 0.327 e. The predicted molar refractivity (Wildman–Crippen MR) is 64.6 cm³/mol. The van der Waals surface area contributed by atoms with E-state index >= 15 is 0 Å². The maximum absolute atomic E-state index is 12.1. The average Bonchev–Trinajstić information content (AvgIpc) is 2.43. The molecule has 0 spiro atoms. The first-order chi connectivity index (χ1) is 7.82. The Balaban J connectivity index is 2.02. The molecule has 2 rings (SSSR count). The molecule has 3 amide bonds. The van der Waals surface area contributed by atoms with E-state index in [-0.39, 0.29) is 29.9 Å². The highest BCUT2D eigenvalue weighted by molar-refractivity contribution is 6.02. The third kappa shape index (κ3) is 2.16. The van der Waals surface area contributed by atoms with Gasteiger partial charge in [0.1, 0.15) is 6.54 Å². The van der Waals surface area contributed by atoms with Crippen molar-refractivity contribution in [2.45, 2.75) is 26.8 Å². The second kappa shape index (κ2) is 3.98. The lowest BCUT2D eigenvalue weighted by molar-refractivity contribution is -0.127. The summed E-state index contributed by atoms with van der Waals surface area (Å²) in [6, 6.07) is -0.0332. The molecule has 2 saturated heterocycles. The second-order valence-corrected chi connectivity index (χ2v) is 5.97. The Hall–Kier alpha value is -1.10. The van der Waals surface area contributed by atoms with Gasteiger partial charge in [-0.3, -0.25) is 9.69 Å². The van der Waals surface area contributed by atoms with Crippen LogP contribution in [0.15, 0.2) is 0 Å². The van der Waals surface area contributed by atoms with Gasteiger partial charge >= 0.3 is 6.03 Å². The van der Waals surface area contributed by atoms with Crippen LogP contribution in [0.25, 0.3) is 0 Å². The maximum atomic E-state index is 12.1. The number of carbonyl (C=O) groups excluding carboxylic acids is 2. The van der Waals surface area contributed by atoms with Gasteiger partial charge in [-0.2, -0.15) is 0 Å². The van der Waals surface area contributed by atoms with Crippen molar-refractivity contribution in [1.29, 1.82) is 0 Å². The van der Waals surface area contributed by atoms with Crippen molar-refractivity contribution in [2.75, 3.05) is 33.2 Å². The number of rotatable bonds is 3. The van der Waals surface area contributed by atoms with Crippen LogP contribution in [-0.2, 0) is 4.79 Å². The molecule has 0 aromatic heterocycles. The van der Waals surface area contributed by atoms with E-state index in [0.717, 1.165) is 13.1 Å². The third-order valence-corrected chi connectivity index (χ3v) is 3.55. The van der Waals surface area contributed by atoms with E-state index in [1.54, 1.807) is 4.90 Å². The fourth-order valence-electron chi connectivity index (χ4n) is 2.86. The highest BCUT2D eigenvalue weighted by Gasteiger charge is 2.44. The zero-order valence-electron chi connectivity index (χ0n) is 11.1. The molecule has 0 aliphatic carbocycles. The Morgan fingerprint density at radius 1 is 1.29 bits per heavy atom. The van der Waals surface area contributed by atoms with Crippen molar-refractivity contribution in [3.63, 3.8) is 0 Å². The van der Waals surface area contributed by atoms with Crippen molar-refractivity contribution in [2.24, 2.45) is 5.41 Å². The van der Waals surface area contributed by atoms with Gasteiger partial charge in [0.2, 0.25) is 5.91 Å². The SMILES string of the molecule is CC(C)N1CC(=O)N(CC2(C)CN(C)C2)C1=O. The van der Waals surface area contributed by atoms with Crippen LogP contribution in [0.2, 0.25) is 0 Å². The summed E-state index contributed by atoms with van der Waals surface area (Å²) in [7, 11) is 2.05. The Morgan fingerprint density at radius 3 is 2.29 bits per heavy atom. The van der Waals surface area contributed by atoms with Gasteiger partial charge in [-0.1, -0.05) is 6.92 Å². The summed E-state index contributed by atoms with van der Waals surface area (Å²) in [5.74, 6) is -0.0560. The summed E-state index contributed by atoms with van der Waals surface area (Å²) >= 11 is 0. The maximum Gasteiger partial charge on any atom is 0.327 e. The van der Waals surface area contributed by atoms with E-state index in [1.165, 1.54) is 4.90 Å². The zero-order chi connectivity index (χ0) is 12.8. The van der Waals surface area contributed by atoms with Crippen LogP contribution >= 0.6 is 0 Å². The van der Waals surface area contributed by atoms with Gasteiger partial charge in [-0.25, -0.2) is 4.79 Å². The first kappa shape index (κ1) is 12.4. The van der Waals surface area contributed by atoms with Crippen LogP contribution in [0.4, 0.5) is 4.79 Å². The van der Waals surface area contributed by atoms with E-state index in [9.17, 15) is 9.59 Å². The van der Waals surface area contributed by atoms with Gasteiger partial charge in [0.15, 0.2) is 0 Å². The van der Waals surface area contributed by atoms with Crippen molar-refractivity contribution in [1.82, 2.24) is 14.7 Å². The fraction of sp³-hybridized carbons (Fsp3) is 0.833. The van der Waals surface area contributed by atoms with Crippen LogP contribution in [-0.4, -0.2) is 65.9 Å². The van der Waals surface area contributed by atoms with Gasteiger partial charge in [-0.15, -0.1) is 0 Å². The summed E-state index contributed by atoms with van der Waals surface area (Å²) in [5, 5.41) is 0. The molecule has 0 radical (unpaired) electrons. The van der Waals surface area contributed by atoms with Gasteiger partial charge < -0.3 is 9.80 Å². The van der Waals surface area contributed by atoms with Crippen LogP contribution in [0.3, 0.4) is 0 Å². The number of amides is 3. The topological polar surface area (TPSA) is 43.9 Å². The normalized spacial score (nSPS) is 24.8. The standard InChI is InChI=1S/C12H21N3O2/c1-9(2)14-5-10(16)15(11(14)17)8-12(3)6-13(4)7-12/h9H,5-8H2,1-4H3. The number of nitrogens with zero attached hydrogens (tertiary/aromatic N) is 3. The number of hydrogen-bond acceptors (Lipinski definition) is 3. The lowest BCUT2D eigenvalue weighted by Gasteiger charge is -2.47. The molecule has 0 aromatic carbocycles. The van der Waals surface area contributed by atoms with Crippen molar-refractivity contribution in [3.8, 4) is 0 Å². The van der Waals surface area contributed by atoms with E-state index in [4.69, 9.17) is 0 Å². The first-order valence-electron chi connectivity index (χ1n) is 6.12. The molecule has 2 aliphatic heterocycles. The van der Waals surface area contributed by atoms with Crippen molar-refractivity contribution < 1.29 is 9.59 Å². The van der Waals surface area contributed by atoms with Gasteiger partial charge in [-0.05, 0) is 20.9 Å². The van der Waals surface area contributed by atoms with Gasteiger partial charge in [0.25, 0.3) is 0 Å². The minimum atomic E-state index is -0.124. The average molecular weight is 239 g/mol. The highest BCUT2D eigenvalue weighted by Crippen LogP contribution is 2.30. The number of urea groups is 1. The molecule has 17 heavy (non-hydrogen) atoms. The van der Waals surface area contributed by atoms with E-state index in [2.05, 4.69) is 18.9 Å². The highest BCUT2D eigenvalue weighted by atomic mass is 16.2. The Morgan fingerprint density at radius 2 is 1.88 bits per heavy atom. The molecular formula is C12H21N3O2. The first-order valence-corrected chi connectivity index (χ1v) is 6.12.